The van der Waals surface area contributed by atoms with E-state index in [4.69, 9.17) is 16.7 Å². The van der Waals surface area contributed by atoms with Gasteiger partial charge in [0.1, 0.15) is 6.54 Å². The predicted molar refractivity (Wildman–Crippen MR) is 75.7 cm³/mol. The van der Waals surface area contributed by atoms with Crippen molar-refractivity contribution in [1.82, 2.24) is 0 Å². The van der Waals surface area contributed by atoms with Gasteiger partial charge in [0, 0.05) is 16.8 Å². The van der Waals surface area contributed by atoms with Crippen LogP contribution in [0.15, 0.2) is 24.3 Å². The average molecular weight is 280 g/mol. The van der Waals surface area contributed by atoms with Gasteiger partial charge >= 0.3 is 5.97 Å². The van der Waals surface area contributed by atoms with E-state index in [1.807, 2.05) is 24.3 Å². The van der Waals surface area contributed by atoms with E-state index in [0.717, 1.165) is 18.0 Å². The summed E-state index contributed by atoms with van der Waals surface area (Å²) in [6, 6.07) is 7.91. The maximum Gasteiger partial charge on any atom is 0.323 e. The molecule has 0 spiro atoms. The molecule has 0 amide bonds. The fraction of sp³-hybridized carbons (Fsp3) is 0.533. The second kappa shape index (κ2) is 5.04. The number of aliphatic carboxylic acids is 1. The SMILES string of the molecule is O=C(O)CN(c1ccc(Cl)cc1)C1CC2CCC1C2. The van der Waals surface area contributed by atoms with Gasteiger partial charge in [-0.2, -0.15) is 0 Å². The molecule has 0 radical (unpaired) electrons. The molecule has 3 unspecified atom stereocenters. The monoisotopic (exact) mass is 279 g/mol. The molecule has 0 saturated heterocycles. The molecule has 2 saturated carbocycles. The highest BCUT2D eigenvalue weighted by molar-refractivity contribution is 6.30. The van der Waals surface area contributed by atoms with E-state index in [1.165, 1.54) is 19.3 Å². The summed E-state index contributed by atoms with van der Waals surface area (Å²) < 4.78 is 0. The third-order valence-electron chi connectivity index (χ3n) is 4.56. The summed E-state index contributed by atoms with van der Waals surface area (Å²) in [6.07, 6.45) is 4.98. The summed E-state index contributed by atoms with van der Waals surface area (Å²) in [5, 5.41) is 9.85. The van der Waals surface area contributed by atoms with Crippen LogP contribution in [-0.2, 0) is 4.79 Å². The zero-order chi connectivity index (χ0) is 13.4. The molecule has 2 fully saturated rings. The minimum absolute atomic E-state index is 0.0789. The number of hydrogen-bond donors (Lipinski definition) is 1. The molecule has 3 rings (SSSR count). The highest BCUT2D eigenvalue weighted by Gasteiger charge is 2.42. The van der Waals surface area contributed by atoms with Crippen LogP contribution in [0, 0.1) is 11.8 Å². The number of carbonyl (C=O) groups is 1. The number of fused-ring (bicyclic) bond motifs is 2. The second-order valence-corrected chi connectivity index (χ2v) is 6.18. The fourth-order valence-electron chi connectivity index (χ4n) is 3.77. The van der Waals surface area contributed by atoms with E-state index in [-0.39, 0.29) is 6.54 Å². The van der Waals surface area contributed by atoms with Crippen molar-refractivity contribution in [1.29, 1.82) is 0 Å². The average Bonchev–Trinajstić information content (AvgIpc) is 2.99. The lowest BCUT2D eigenvalue weighted by Crippen LogP contribution is -2.42. The molecular weight excluding hydrogens is 262 g/mol. The first-order chi connectivity index (χ1) is 9.13. The Morgan fingerprint density at radius 1 is 1.26 bits per heavy atom. The minimum Gasteiger partial charge on any atom is -0.480 e. The van der Waals surface area contributed by atoms with Gasteiger partial charge in [-0.1, -0.05) is 18.0 Å². The van der Waals surface area contributed by atoms with E-state index < -0.39 is 5.97 Å². The van der Waals surface area contributed by atoms with E-state index in [9.17, 15) is 4.79 Å². The highest BCUT2D eigenvalue weighted by atomic mass is 35.5. The van der Waals surface area contributed by atoms with E-state index >= 15 is 0 Å². The van der Waals surface area contributed by atoms with Gasteiger partial charge in [0.25, 0.3) is 0 Å². The lowest BCUT2D eigenvalue weighted by molar-refractivity contribution is -0.135. The minimum atomic E-state index is -0.766. The Morgan fingerprint density at radius 3 is 2.53 bits per heavy atom. The fourth-order valence-corrected chi connectivity index (χ4v) is 3.90. The van der Waals surface area contributed by atoms with Gasteiger partial charge in [-0.05, 0) is 55.4 Å². The lowest BCUT2D eigenvalue weighted by Gasteiger charge is -2.35. The molecule has 3 atom stereocenters. The molecule has 0 aliphatic heterocycles. The van der Waals surface area contributed by atoms with E-state index in [2.05, 4.69) is 4.90 Å². The molecular formula is C15H18ClNO2. The van der Waals surface area contributed by atoms with Crippen LogP contribution in [0.3, 0.4) is 0 Å². The summed E-state index contributed by atoms with van der Waals surface area (Å²) in [5.74, 6) is 0.705. The smallest absolute Gasteiger partial charge is 0.323 e. The number of halogens is 1. The van der Waals surface area contributed by atoms with Crippen molar-refractivity contribution in [3.8, 4) is 0 Å². The number of benzene rings is 1. The molecule has 19 heavy (non-hydrogen) atoms. The van der Waals surface area contributed by atoms with Crippen molar-refractivity contribution in [3.05, 3.63) is 29.3 Å². The first kappa shape index (κ1) is 12.8. The topological polar surface area (TPSA) is 40.5 Å². The van der Waals surface area contributed by atoms with Gasteiger partial charge in [-0.15, -0.1) is 0 Å². The van der Waals surface area contributed by atoms with Crippen LogP contribution in [0.2, 0.25) is 5.02 Å². The predicted octanol–water partition coefficient (Wildman–Crippen LogP) is 3.42. The summed E-state index contributed by atoms with van der Waals surface area (Å²) in [7, 11) is 0. The van der Waals surface area contributed by atoms with Gasteiger partial charge in [-0.25, -0.2) is 0 Å². The molecule has 1 aromatic carbocycles. The molecule has 0 aromatic heterocycles. The molecule has 0 heterocycles. The van der Waals surface area contributed by atoms with Crippen LogP contribution in [0.25, 0.3) is 0 Å². The van der Waals surface area contributed by atoms with Gasteiger partial charge < -0.3 is 10.0 Å². The van der Waals surface area contributed by atoms with Crippen LogP contribution in [-0.4, -0.2) is 23.7 Å². The summed E-state index contributed by atoms with van der Waals surface area (Å²) in [6.45, 7) is 0.0789. The number of nitrogens with zero attached hydrogens (tertiary/aromatic N) is 1. The third kappa shape index (κ3) is 2.57. The van der Waals surface area contributed by atoms with Crippen LogP contribution in [0.1, 0.15) is 25.7 Å². The Balaban J connectivity index is 1.85. The second-order valence-electron chi connectivity index (χ2n) is 5.74. The van der Waals surface area contributed by atoms with Gasteiger partial charge in [0.2, 0.25) is 0 Å². The first-order valence-corrected chi connectivity index (χ1v) is 7.25. The zero-order valence-electron chi connectivity index (χ0n) is 10.8. The Bertz CT molecular complexity index is 474. The number of carboxylic acids is 1. The normalized spacial score (nSPS) is 28.6. The van der Waals surface area contributed by atoms with Crippen LogP contribution in [0.4, 0.5) is 5.69 Å². The number of rotatable bonds is 4. The largest absolute Gasteiger partial charge is 0.480 e. The van der Waals surface area contributed by atoms with Crippen LogP contribution < -0.4 is 4.90 Å². The van der Waals surface area contributed by atoms with Gasteiger partial charge in [0.05, 0.1) is 0 Å². The molecule has 4 heteroatoms. The molecule has 3 nitrogen and oxygen atoms in total. The Kier molecular flexibility index (Phi) is 3.40. The van der Waals surface area contributed by atoms with Crippen molar-refractivity contribution < 1.29 is 9.90 Å². The maximum atomic E-state index is 11.1. The van der Waals surface area contributed by atoms with E-state index in [1.54, 1.807) is 0 Å². The number of anilines is 1. The molecule has 102 valence electrons. The Morgan fingerprint density at radius 2 is 2.00 bits per heavy atom. The summed E-state index contributed by atoms with van der Waals surface area (Å²) >= 11 is 5.91. The first-order valence-electron chi connectivity index (χ1n) is 6.87. The van der Waals surface area contributed by atoms with Crippen molar-refractivity contribution in [2.45, 2.75) is 31.7 Å². The number of carboxylic acid groups (broad SMARTS) is 1. The van der Waals surface area contributed by atoms with Crippen molar-refractivity contribution in [2.24, 2.45) is 11.8 Å². The summed E-state index contributed by atoms with van der Waals surface area (Å²) in [4.78, 5) is 13.2. The summed E-state index contributed by atoms with van der Waals surface area (Å²) in [5.41, 5.74) is 0.976. The molecule has 2 aliphatic carbocycles. The third-order valence-corrected chi connectivity index (χ3v) is 4.82. The molecule has 2 bridgehead atoms. The van der Waals surface area contributed by atoms with Gasteiger partial charge in [-0.3, -0.25) is 4.79 Å². The molecule has 1 N–H and O–H groups in total. The van der Waals surface area contributed by atoms with Crippen LogP contribution >= 0.6 is 11.6 Å². The van der Waals surface area contributed by atoms with Crippen molar-refractivity contribution in [2.75, 3.05) is 11.4 Å². The number of hydrogen-bond acceptors (Lipinski definition) is 2. The van der Waals surface area contributed by atoms with E-state index in [0.29, 0.717) is 17.0 Å². The highest BCUT2D eigenvalue weighted by Crippen LogP contribution is 2.47. The Labute approximate surface area is 118 Å². The van der Waals surface area contributed by atoms with Gasteiger partial charge in [0.15, 0.2) is 0 Å². The lowest BCUT2D eigenvalue weighted by atomic mass is 9.93. The Hall–Kier alpha value is -1.22. The molecule has 1 aromatic rings. The zero-order valence-corrected chi connectivity index (χ0v) is 11.5. The van der Waals surface area contributed by atoms with Crippen molar-refractivity contribution >= 4 is 23.3 Å². The standard InChI is InChI=1S/C15H18ClNO2/c16-12-3-5-13(6-4-12)17(9-15(18)19)14-8-10-1-2-11(14)7-10/h3-6,10-11,14H,1-2,7-9H2,(H,18,19). The molecule has 2 aliphatic rings. The van der Waals surface area contributed by atoms with Crippen molar-refractivity contribution in [3.63, 3.8) is 0 Å². The quantitative estimate of drug-likeness (QED) is 0.918. The van der Waals surface area contributed by atoms with Crippen LogP contribution in [0.5, 0.6) is 0 Å². The maximum absolute atomic E-state index is 11.1.